The maximum atomic E-state index is 12.9. The number of rotatable bonds is 4. The van der Waals surface area contributed by atoms with E-state index in [0.29, 0.717) is 6.54 Å². The van der Waals surface area contributed by atoms with Crippen molar-refractivity contribution in [2.75, 3.05) is 4.72 Å². The standard InChI is InChI=1S/C13H12ClFN2O2S/c14-12-7-10(15)3-6-13(12)17-20(18,19)11-4-1-9(8-16)2-5-11/h1-7,17H,8,16H2. The Hall–Kier alpha value is -1.63. The molecule has 0 bridgehead atoms. The zero-order valence-electron chi connectivity index (χ0n) is 10.3. The van der Waals surface area contributed by atoms with Crippen LogP contribution < -0.4 is 10.5 Å². The summed E-state index contributed by atoms with van der Waals surface area (Å²) >= 11 is 5.79. The zero-order valence-corrected chi connectivity index (χ0v) is 11.9. The Kier molecular flexibility index (Phi) is 4.27. The molecule has 0 aromatic heterocycles. The number of hydrogen-bond acceptors (Lipinski definition) is 3. The molecule has 4 nitrogen and oxygen atoms in total. The lowest BCUT2D eigenvalue weighted by atomic mass is 10.2. The quantitative estimate of drug-likeness (QED) is 0.911. The van der Waals surface area contributed by atoms with Crippen molar-refractivity contribution in [3.8, 4) is 0 Å². The van der Waals surface area contributed by atoms with Gasteiger partial charge in [0.25, 0.3) is 10.0 Å². The van der Waals surface area contributed by atoms with Gasteiger partial charge in [-0.25, -0.2) is 12.8 Å². The fourth-order valence-corrected chi connectivity index (χ4v) is 2.93. The van der Waals surface area contributed by atoms with Crippen molar-refractivity contribution in [1.82, 2.24) is 0 Å². The topological polar surface area (TPSA) is 72.2 Å². The summed E-state index contributed by atoms with van der Waals surface area (Å²) in [5, 5.41) is -0.00727. The van der Waals surface area contributed by atoms with E-state index in [0.717, 1.165) is 17.7 Å². The molecule has 0 spiro atoms. The first-order valence-corrected chi connectivity index (χ1v) is 7.55. The second-order valence-corrected chi connectivity index (χ2v) is 6.17. The van der Waals surface area contributed by atoms with Gasteiger partial charge in [0, 0.05) is 6.54 Å². The molecule has 0 amide bonds. The smallest absolute Gasteiger partial charge is 0.261 e. The van der Waals surface area contributed by atoms with Gasteiger partial charge < -0.3 is 5.73 Å². The summed E-state index contributed by atoms with van der Waals surface area (Å²) in [6.45, 7) is 0.331. The van der Waals surface area contributed by atoms with Crippen LogP contribution in [0.2, 0.25) is 5.02 Å². The van der Waals surface area contributed by atoms with Crippen molar-refractivity contribution < 1.29 is 12.8 Å². The first-order chi connectivity index (χ1) is 9.42. The summed E-state index contributed by atoms with van der Waals surface area (Å²) in [7, 11) is -3.77. The summed E-state index contributed by atoms with van der Waals surface area (Å²) in [6.07, 6.45) is 0. The van der Waals surface area contributed by atoms with Gasteiger partial charge in [-0.15, -0.1) is 0 Å². The predicted molar refractivity (Wildman–Crippen MR) is 76.6 cm³/mol. The van der Waals surface area contributed by atoms with E-state index < -0.39 is 15.8 Å². The van der Waals surface area contributed by atoms with Crippen LogP contribution in [-0.2, 0) is 16.6 Å². The first-order valence-electron chi connectivity index (χ1n) is 5.69. The molecule has 0 radical (unpaired) electrons. The molecule has 0 atom stereocenters. The Morgan fingerprint density at radius 1 is 1.15 bits per heavy atom. The van der Waals surface area contributed by atoms with Crippen molar-refractivity contribution in [2.24, 2.45) is 5.73 Å². The van der Waals surface area contributed by atoms with Crippen molar-refractivity contribution in [3.05, 3.63) is 58.9 Å². The molecule has 0 unspecified atom stereocenters. The molecular weight excluding hydrogens is 303 g/mol. The molecule has 0 saturated heterocycles. The molecule has 7 heteroatoms. The average molecular weight is 315 g/mol. The van der Waals surface area contributed by atoms with Crippen LogP contribution in [0.4, 0.5) is 10.1 Å². The van der Waals surface area contributed by atoms with E-state index in [4.69, 9.17) is 17.3 Å². The zero-order chi connectivity index (χ0) is 14.8. The van der Waals surface area contributed by atoms with E-state index in [1.807, 2.05) is 0 Å². The first kappa shape index (κ1) is 14.8. The maximum Gasteiger partial charge on any atom is 0.261 e. The van der Waals surface area contributed by atoms with Crippen LogP contribution in [-0.4, -0.2) is 8.42 Å². The fraction of sp³-hybridized carbons (Fsp3) is 0.0769. The molecule has 0 aliphatic rings. The lowest BCUT2D eigenvalue weighted by Crippen LogP contribution is -2.13. The molecule has 0 fully saturated rings. The minimum atomic E-state index is -3.77. The van der Waals surface area contributed by atoms with Gasteiger partial charge in [0.15, 0.2) is 0 Å². The molecular formula is C13H12ClFN2O2S. The minimum Gasteiger partial charge on any atom is -0.326 e. The highest BCUT2D eigenvalue weighted by atomic mass is 35.5. The average Bonchev–Trinajstić information content (AvgIpc) is 2.42. The van der Waals surface area contributed by atoms with Crippen LogP contribution in [0.1, 0.15) is 5.56 Å². The number of anilines is 1. The van der Waals surface area contributed by atoms with Gasteiger partial charge >= 0.3 is 0 Å². The molecule has 0 aliphatic heterocycles. The summed E-state index contributed by atoms with van der Waals surface area (Å²) in [5.41, 5.74) is 6.39. The van der Waals surface area contributed by atoms with E-state index in [1.165, 1.54) is 18.2 Å². The predicted octanol–water partition coefficient (Wildman–Crippen LogP) is 2.74. The largest absolute Gasteiger partial charge is 0.326 e. The Morgan fingerprint density at radius 2 is 1.80 bits per heavy atom. The van der Waals surface area contributed by atoms with Crippen LogP contribution in [0.5, 0.6) is 0 Å². The van der Waals surface area contributed by atoms with Crippen LogP contribution in [0.3, 0.4) is 0 Å². The van der Waals surface area contributed by atoms with Crippen LogP contribution in [0.15, 0.2) is 47.4 Å². The SMILES string of the molecule is NCc1ccc(S(=O)(=O)Nc2ccc(F)cc2Cl)cc1. The highest BCUT2D eigenvalue weighted by Crippen LogP contribution is 2.25. The molecule has 3 N–H and O–H groups in total. The molecule has 2 aromatic rings. The number of halogens is 2. The highest BCUT2D eigenvalue weighted by molar-refractivity contribution is 7.92. The van der Waals surface area contributed by atoms with Gasteiger partial charge in [-0.3, -0.25) is 4.72 Å². The Morgan fingerprint density at radius 3 is 2.35 bits per heavy atom. The second-order valence-electron chi connectivity index (χ2n) is 4.08. The fourth-order valence-electron chi connectivity index (χ4n) is 1.58. The normalized spacial score (nSPS) is 11.3. The lowest BCUT2D eigenvalue weighted by molar-refractivity contribution is 0.601. The van der Waals surface area contributed by atoms with E-state index in [1.54, 1.807) is 12.1 Å². The van der Waals surface area contributed by atoms with Crippen molar-refractivity contribution in [3.63, 3.8) is 0 Å². The molecule has 0 saturated carbocycles. The number of hydrogen-bond donors (Lipinski definition) is 2. The van der Waals surface area contributed by atoms with E-state index >= 15 is 0 Å². The van der Waals surface area contributed by atoms with Crippen molar-refractivity contribution >= 4 is 27.3 Å². The molecule has 0 aliphatic carbocycles. The van der Waals surface area contributed by atoms with Gasteiger partial charge in [-0.05, 0) is 35.9 Å². The van der Waals surface area contributed by atoms with E-state index in [9.17, 15) is 12.8 Å². The van der Waals surface area contributed by atoms with Crippen LogP contribution >= 0.6 is 11.6 Å². The van der Waals surface area contributed by atoms with Crippen molar-refractivity contribution in [1.29, 1.82) is 0 Å². The Bertz CT molecular complexity index is 718. The highest BCUT2D eigenvalue weighted by Gasteiger charge is 2.15. The molecule has 106 valence electrons. The minimum absolute atomic E-state index is 0.00727. The third-order valence-corrected chi connectivity index (χ3v) is 4.34. The Balaban J connectivity index is 2.30. The molecule has 0 heterocycles. The van der Waals surface area contributed by atoms with Crippen LogP contribution in [0.25, 0.3) is 0 Å². The number of nitrogens with two attached hydrogens (primary N) is 1. The third-order valence-electron chi connectivity index (χ3n) is 2.64. The summed E-state index contributed by atoms with van der Waals surface area (Å²) in [5.74, 6) is -0.537. The summed E-state index contributed by atoms with van der Waals surface area (Å²) in [6, 6.07) is 9.58. The molecule has 2 rings (SSSR count). The number of benzene rings is 2. The van der Waals surface area contributed by atoms with E-state index in [-0.39, 0.29) is 15.6 Å². The van der Waals surface area contributed by atoms with Gasteiger partial charge in [-0.2, -0.15) is 0 Å². The lowest BCUT2D eigenvalue weighted by Gasteiger charge is -2.10. The summed E-state index contributed by atoms with van der Waals surface area (Å²) < 4.78 is 39.5. The van der Waals surface area contributed by atoms with Gasteiger partial charge in [0.1, 0.15) is 5.82 Å². The van der Waals surface area contributed by atoms with Gasteiger partial charge in [0.05, 0.1) is 15.6 Å². The maximum absolute atomic E-state index is 12.9. The van der Waals surface area contributed by atoms with Gasteiger partial charge in [-0.1, -0.05) is 23.7 Å². The number of sulfonamides is 1. The number of nitrogens with one attached hydrogen (secondary N) is 1. The monoisotopic (exact) mass is 314 g/mol. The summed E-state index contributed by atoms with van der Waals surface area (Å²) in [4.78, 5) is 0.0788. The van der Waals surface area contributed by atoms with E-state index in [2.05, 4.69) is 4.72 Å². The molecule has 2 aromatic carbocycles. The van der Waals surface area contributed by atoms with Crippen LogP contribution in [0, 0.1) is 5.82 Å². The third kappa shape index (κ3) is 3.27. The molecule has 20 heavy (non-hydrogen) atoms. The van der Waals surface area contributed by atoms with Gasteiger partial charge in [0.2, 0.25) is 0 Å². The Labute approximate surface area is 121 Å². The van der Waals surface area contributed by atoms with Crippen molar-refractivity contribution in [2.45, 2.75) is 11.4 Å². The second kappa shape index (κ2) is 5.78.